The third kappa shape index (κ3) is 2.77. The zero-order valence-electron chi connectivity index (χ0n) is 12.5. The van der Waals surface area contributed by atoms with Crippen LogP contribution in [0.1, 0.15) is 33.5 Å². The van der Waals surface area contributed by atoms with Crippen LogP contribution in [-0.4, -0.2) is 12.5 Å². The van der Waals surface area contributed by atoms with Crippen LogP contribution in [0.25, 0.3) is 0 Å². The second kappa shape index (κ2) is 5.60. The second-order valence-electron chi connectivity index (χ2n) is 5.64. The molecule has 0 bridgehead atoms. The molecule has 0 saturated heterocycles. The van der Waals surface area contributed by atoms with Gasteiger partial charge < -0.3 is 10.6 Å². The van der Waals surface area contributed by atoms with Gasteiger partial charge in [-0.3, -0.25) is 4.79 Å². The highest BCUT2D eigenvalue weighted by Crippen LogP contribution is 2.30. The van der Waals surface area contributed by atoms with Crippen LogP contribution < -0.4 is 10.6 Å². The minimum absolute atomic E-state index is 0.0445. The van der Waals surface area contributed by atoms with E-state index in [9.17, 15) is 4.79 Å². The first-order chi connectivity index (χ1) is 10.1. The summed E-state index contributed by atoms with van der Waals surface area (Å²) in [6.07, 6.45) is 2.21. The molecule has 1 aliphatic rings. The molecule has 3 rings (SSSR count). The standard InChI is InChI=1S/C18H20N2O/c1-12-8-9-13(2)15(11-12)18(21)20-16-7-3-5-14-6-4-10-19-17(14)16/h3,5,7-9,11,19H,4,6,10H2,1-2H3,(H,20,21). The Hall–Kier alpha value is -2.29. The number of benzene rings is 2. The molecule has 0 aromatic heterocycles. The Kier molecular flexibility index (Phi) is 3.65. The van der Waals surface area contributed by atoms with E-state index < -0.39 is 0 Å². The largest absolute Gasteiger partial charge is 0.383 e. The molecule has 1 heterocycles. The van der Waals surface area contributed by atoms with Crippen LogP contribution in [0.5, 0.6) is 0 Å². The molecule has 0 spiro atoms. The predicted octanol–water partition coefficient (Wildman–Crippen LogP) is 3.91. The van der Waals surface area contributed by atoms with Crippen molar-refractivity contribution >= 4 is 17.3 Å². The van der Waals surface area contributed by atoms with Crippen molar-refractivity contribution in [1.82, 2.24) is 0 Å². The summed E-state index contributed by atoms with van der Waals surface area (Å²) in [7, 11) is 0. The summed E-state index contributed by atoms with van der Waals surface area (Å²) in [6.45, 7) is 4.93. The van der Waals surface area contributed by atoms with Crippen LogP contribution in [-0.2, 0) is 6.42 Å². The third-order valence-electron chi connectivity index (χ3n) is 3.96. The van der Waals surface area contributed by atoms with Crippen LogP contribution in [0, 0.1) is 13.8 Å². The topological polar surface area (TPSA) is 41.1 Å². The Bertz CT molecular complexity index is 692. The van der Waals surface area contributed by atoms with E-state index in [0.29, 0.717) is 0 Å². The number of hydrogen-bond acceptors (Lipinski definition) is 2. The smallest absolute Gasteiger partial charge is 0.255 e. The minimum atomic E-state index is -0.0445. The van der Waals surface area contributed by atoms with E-state index in [1.807, 2.05) is 44.2 Å². The van der Waals surface area contributed by atoms with Crippen molar-refractivity contribution in [2.45, 2.75) is 26.7 Å². The predicted molar refractivity (Wildman–Crippen MR) is 87.1 cm³/mol. The Labute approximate surface area is 125 Å². The second-order valence-corrected chi connectivity index (χ2v) is 5.64. The summed E-state index contributed by atoms with van der Waals surface area (Å²) >= 11 is 0. The van der Waals surface area contributed by atoms with Crippen molar-refractivity contribution in [1.29, 1.82) is 0 Å². The summed E-state index contributed by atoms with van der Waals surface area (Å²) in [5.41, 5.74) is 6.05. The molecule has 0 aliphatic carbocycles. The van der Waals surface area contributed by atoms with Crippen molar-refractivity contribution in [2.75, 3.05) is 17.2 Å². The van der Waals surface area contributed by atoms with Gasteiger partial charge in [0.25, 0.3) is 5.91 Å². The van der Waals surface area contributed by atoms with Gasteiger partial charge in [-0.25, -0.2) is 0 Å². The van der Waals surface area contributed by atoms with Crippen LogP contribution in [0.3, 0.4) is 0 Å². The summed E-state index contributed by atoms with van der Waals surface area (Å²) in [4.78, 5) is 12.5. The van der Waals surface area contributed by atoms with E-state index in [2.05, 4.69) is 16.7 Å². The van der Waals surface area contributed by atoms with E-state index in [0.717, 1.165) is 47.5 Å². The fraction of sp³-hybridized carbons (Fsp3) is 0.278. The van der Waals surface area contributed by atoms with Crippen LogP contribution in [0.4, 0.5) is 11.4 Å². The third-order valence-corrected chi connectivity index (χ3v) is 3.96. The van der Waals surface area contributed by atoms with Crippen molar-refractivity contribution in [2.24, 2.45) is 0 Å². The quantitative estimate of drug-likeness (QED) is 0.875. The molecule has 2 N–H and O–H groups in total. The molecule has 0 saturated carbocycles. The summed E-state index contributed by atoms with van der Waals surface area (Å²) < 4.78 is 0. The molecule has 0 unspecified atom stereocenters. The average molecular weight is 280 g/mol. The lowest BCUT2D eigenvalue weighted by molar-refractivity contribution is 0.102. The number of amides is 1. The lowest BCUT2D eigenvalue weighted by Gasteiger charge is -2.21. The lowest BCUT2D eigenvalue weighted by atomic mass is 10.0. The molecule has 2 aromatic carbocycles. The fourth-order valence-electron chi connectivity index (χ4n) is 2.78. The highest BCUT2D eigenvalue weighted by atomic mass is 16.1. The molecule has 3 heteroatoms. The molecular formula is C18H20N2O. The van der Waals surface area contributed by atoms with Crippen LogP contribution in [0.2, 0.25) is 0 Å². The number of para-hydroxylation sites is 1. The molecule has 2 aromatic rings. The Balaban J connectivity index is 1.90. The molecule has 0 atom stereocenters. The van der Waals surface area contributed by atoms with Crippen LogP contribution >= 0.6 is 0 Å². The molecule has 0 radical (unpaired) electrons. The molecule has 108 valence electrons. The van der Waals surface area contributed by atoms with Crippen molar-refractivity contribution in [3.63, 3.8) is 0 Å². The minimum Gasteiger partial charge on any atom is -0.383 e. The SMILES string of the molecule is Cc1ccc(C)c(C(=O)Nc2cccc3c2NCCC3)c1. The Morgan fingerprint density at radius 3 is 2.90 bits per heavy atom. The Morgan fingerprint density at radius 2 is 2.05 bits per heavy atom. The number of nitrogens with one attached hydrogen (secondary N) is 2. The highest BCUT2D eigenvalue weighted by molar-refractivity contribution is 6.07. The highest BCUT2D eigenvalue weighted by Gasteiger charge is 2.15. The van der Waals surface area contributed by atoms with Gasteiger partial charge in [-0.05, 0) is 49.9 Å². The first-order valence-corrected chi connectivity index (χ1v) is 7.39. The average Bonchev–Trinajstić information content (AvgIpc) is 2.50. The van der Waals surface area contributed by atoms with Gasteiger partial charge in [0, 0.05) is 12.1 Å². The van der Waals surface area contributed by atoms with Gasteiger partial charge in [-0.1, -0.05) is 29.8 Å². The zero-order chi connectivity index (χ0) is 14.8. The van der Waals surface area contributed by atoms with Gasteiger partial charge in [0.1, 0.15) is 0 Å². The number of hydrogen-bond donors (Lipinski definition) is 2. The molecular weight excluding hydrogens is 260 g/mol. The lowest BCUT2D eigenvalue weighted by Crippen LogP contribution is -2.18. The molecule has 21 heavy (non-hydrogen) atoms. The molecule has 1 aliphatic heterocycles. The number of aryl methyl sites for hydroxylation is 3. The Morgan fingerprint density at radius 1 is 1.19 bits per heavy atom. The van der Waals surface area contributed by atoms with Gasteiger partial charge in [0.2, 0.25) is 0 Å². The zero-order valence-corrected chi connectivity index (χ0v) is 12.5. The van der Waals surface area contributed by atoms with Gasteiger partial charge in [-0.15, -0.1) is 0 Å². The van der Waals surface area contributed by atoms with Gasteiger partial charge >= 0.3 is 0 Å². The summed E-state index contributed by atoms with van der Waals surface area (Å²) in [5, 5.41) is 6.45. The number of carbonyl (C=O) groups is 1. The number of rotatable bonds is 2. The van der Waals surface area contributed by atoms with Gasteiger partial charge in [-0.2, -0.15) is 0 Å². The number of anilines is 2. The molecule has 3 nitrogen and oxygen atoms in total. The monoisotopic (exact) mass is 280 g/mol. The fourth-order valence-corrected chi connectivity index (χ4v) is 2.78. The first-order valence-electron chi connectivity index (χ1n) is 7.39. The molecule has 1 amide bonds. The first kappa shape index (κ1) is 13.7. The number of fused-ring (bicyclic) bond motifs is 1. The van der Waals surface area contributed by atoms with Gasteiger partial charge in [0.15, 0.2) is 0 Å². The maximum Gasteiger partial charge on any atom is 0.255 e. The van der Waals surface area contributed by atoms with E-state index in [1.165, 1.54) is 5.56 Å². The van der Waals surface area contributed by atoms with E-state index >= 15 is 0 Å². The summed E-state index contributed by atoms with van der Waals surface area (Å²) in [5.74, 6) is -0.0445. The van der Waals surface area contributed by atoms with Crippen molar-refractivity contribution < 1.29 is 4.79 Å². The van der Waals surface area contributed by atoms with E-state index in [1.54, 1.807) is 0 Å². The van der Waals surface area contributed by atoms with Gasteiger partial charge in [0.05, 0.1) is 11.4 Å². The van der Waals surface area contributed by atoms with E-state index in [-0.39, 0.29) is 5.91 Å². The van der Waals surface area contributed by atoms with Crippen LogP contribution in [0.15, 0.2) is 36.4 Å². The normalized spacial score (nSPS) is 13.2. The maximum atomic E-state index is 12.5. The van der Waals surface area contributed by atoms with E-state index in [4.69, 9.17) is 0 Å². The number of carbonyl (C=O) groups excluding carboxylic acids is 1. The van der Waals surface area contributed by atoms with Crippen molar-refractivity contribution in [3.8, 4) is 0 Å². The van der Waals surface area contributed by atoms with Crippen molar-refractivity contribution in [3.05, 3.63) is 58.7 Å². The summed E-state index contributed by atoms with van der Waals surface area (Å²) in [6, 6.07) is 12.0. The maximum absolute atomic E-state index is 12.5. The molecule has 0 fully saturated rings.